The van der Waals surface area contributed by atoms with Gasteiger partial charge in [-0.15, -0.1) is 0 Å². The Bertz CT molecular complexity index is 799. The van der Waals surface area contributed by atoms with Crippen molar-refractivity contribution in [3.8, 4) is 11.5 Å². The van der Waals surface area contributed by atoms with Gasteiger partial charge in [-0.3, -0.25) is 4.99 Å². The van der Waals surface area contributed by atoms with Crippen LogP contribution in [0.2, 0.25) is 0 Å². The van der Waals surface area contributed by atoms with Gasteiger partial charge < -0.3 is 14.2 Å². The molecule has 0 saturated heterocycles. The van der Waals surface area contributed by atoms with Crippen molar-refractivity contribution in [2.24, 2.45) is 4.99 Å². The number of nitrogens with zero attached hydrogens (tertiary/aromatic N) is 1. The molecule has 0 aliphatic carbocycles. The summed E-state index contributed by atoms with van der Waals surface area (Å²) in [5, 5.41) is 0. The van der Waals surface area contributed by atoms with Crippen LogP contribution in [0.5, 0.6) is 11.5 Å². The smallest absolute Gasteiger partial charge is 0.357 e. The number of hydrogen-bond donors (Lipinski definition) is 0. The van der Waals surface area contributed by atoms with Gasteiger partial charge in [0.25, 0.3) is 0 Å². The molecule has 0 aliphatic rings. The molecule has 0 aliphatic heterocycles. The molecule has 2 aromatic rings. The Balaban J connectivity index is 2.47. The molecule has 26 heavy (non-hydrogen) atoms. The summed E-state index contributed by atoms with van der Waals surface area (Å²) >= 11 is 0. The Kier molecular flexibility index (Phi) is 6.91. The van der Waals surface area contributed by atoms with E-state index >= 15 is 0 Å². The maximum atomic E-state index is 12.3. The average molecular weight is 355 g/mol. The van der Waals surface area contributed by atoms with E-state index in [0.717, 1.165) is 0 Å². The molecule has 0 amide bonds. The zero-order valence-electron chi connectivity index (χ0n) is 15.0. The van der Waals surface area contributed by atoms with Gasteiger partial charge in [-0.05, 0) is 44.2 Å². The van der Waals surface area contributed by atoms with Crippen LogP contribution >= 0.6 is 0 Å². The van der Waals surface area contributed by atoms with Crippen LogP contribution in [-0.2, 0) is 14.3 Å². The zero-order chi connectivity index (χ0) is 18.9. The topological polar surface area (TPSA) is 74.2 Å². The second-order valence-corrected chi connectivity index (χ2v) is 5.14. The van der Waals surface area contributed by atoms with Crippen LogP contribution < -0.4 is 4.74 Å². The minimum atomic E-state index is -0.614. The van der Waals surface area contributed by atoms with E-state index in [2.05, 4.69) is 4.99 Å². The minimum Gasteiger partial charge on any atom is -0.462 e. The third kappa shape index (κ3) is 4.69. The fraction of sp³-hybridized carbons (Fsp3) is 0.250. The number of benzene rings is 2. The van der Waals surface area contributed by atoms with Gasteiger partial charge >= 0.3 is 11.9 Å². The summed E-state index contributed by atoms with van der Waals surface area (Å²) in [5.41, 5.74) is 0.562. The Morgan fingerprint density at radius 1 is 0.885 bits per heavy atom. The molecule has 0 unspecified atom stereocenters. The third-order valence-electron chi connectivity index (χ3n) is 3.41. The molecule has 2 aromatic carbocycles. The normalized spacial score (nSPS) is 11.0. The Hall–Kier alpha value is -3.15. The Labute approximate surface area is 152 Å². The molecule has 0 bridgehead atoms. The second-order valence-electron chi connectivity index (χ2n) is 5.14. The number of aliphatic imine (C=N–C) groups is 1. The number of rotatable bonds is 7. The molecule has 6 heteroatoms. The lowest BCUT2D eigenvalue weighted by molar-refractivity contribution is -0.134. The maximum Gasteiger partial charge on any atom is 0.357 e. The fourth-order valence-electron chi connectivity index (χ4n) is 2.32. The molecule has 0 radical (unpaired) electrons. The maximum absolute atomic E-state index is 12.3. The number of esters is 2. The van der Waals surface area contributed by atoms with Crippen LogP contribution in [0.4, 0.5) is 0 Å². The van der Waals surface area contributed by atoms with E-state index in [4.69, 9.17) is 14.2 Å². The highest BCUT2D eigenvalue weighted by atomic mass is 16.5. The van der Waals surface area contributed by atoms with Crippen LogP contribution in [0.1, 0.15) is 29.8 Å². The standard InChI is InChI=1S/C20H21NO5/c1-4-24-19(22)16-12-11-15(26-14-9-7-6-8-10-14)13-17(16)18(21-3)20(23)25-5-2/h6-13H,4-5H2,1-3H3. The van der Waals surface area contributed by atoms with Gasteiger partial charge in [-0.2, -0.15) is 0 Å². The summed E-state index contributed by atoms with van der Waals surface area (Å²) in [6.45, 7) is 3.84. The van der Waals surface area contributed by atoms with E-state index in [1.807, 2.05) is 18.2 Å². The van der Waals surface area contributed by atoms with Crippen LogP contribution in [0, 0.1) is 0 Å². The predicted molar refractivity (Wildman–Crippen MR) is 98.0 cm³/mol. The van der Waals surface area contributed by atoms with Gasteiger partial charge in [0.15, 0.2) is 5.71 Å². The molecule has 0 N–H and O–H groups in total. The van der Waals surface area contributed by atoms with E-state index in [9.17, 15) is 9.59 Å². The molecule has 2 rings (SSSR count). The summed E-state index contributed by atoms with van der Waals surface area (Å²) in [7, 11) is 1.46. The number of carbonyl (C=O) groups is 2. The highest BCUT2D eigenvalue weighted by Gasteiger charge is 2.23. The molecule has 0 aromatic heterocycles. The molecule has 0 heterocycles. The quantitative estimate of drug-likeness (QED) is 0.560. The van der Waals surface area contributed by atoms with Gasteiger partial charge in [-0.1, -0.05) is 18.2 Å². The first-order chi connectivity index (χ1) is 12.6. The number of ether oxygens (including phenoxy) is 3. The molecular weight excluding hydrogens is 334 g/mol. The SMILES string of the molecule is CCOC(=O)C(=NC)c1cc(Oc2ccccc2)ccc1C(=O)OCC. The largest absolute Gasteiger partial charge is 0.462 e. The zero-order valence-corrected chi connectivity index (χ0v) is 15.0. The number of carbonyl (C=O) groups excluding carboxylic acids is 2. The fourth-order valence-corrected chi connectivity index (χ4v) is 2.32. The van der Waals surface area contributed by atoms with E-state index in [-0.39, 0.29) is 24.5 Å². The van der Waals surface area contributed by atoms with Crippen LogP contribution in [-0.4, -0.2) is 37.9 Å². The van der Waals surface area contributed by atoms with E-state index in [0.29, 0.717) is 17.1 Å². The summed E-state index contributed by atoms with van der Waals surface area (Å²) in [4.78, 5) is 28.5. The summed E-state index contributed by atoms with van der Waals surface area (Å²) in [5.74, 6) is -0.0604. The lowest BCUT2D eigenvalue weighted by Crippen LogP contribution is -2.22. The van der Waals surface area contributed by atoms with Crippen molar-refractivity contribution in [1.82, 2.24) is 0 Å². The lowest BCUT2D eigenvalue weighted by Gasteiger charge is -2.13. The summed E-state index contributed by atoms with van der Waals surface area (Å²) in [6, 6.07) is 14.0. The van der Waals surface area contributed by atoms with Gasteiger partial charge in [-0.25, -0.2) is 9.59 Å². The first-order valence-electron chi connectivity index (χ1n) is 8.29. The van der Waals surface area contributed by atoms with Crippen molar-refractivity contribution in [2.75, 3.05) is 20.3 Å². The van der Waals surface area contributed by atoms with Gasteiger partial charge in [0.1, 0.15) is 11.5 Å². The first-order valence-corrected chi connectivity index (χ1v) is 8.29. The van der Waals surface area contributed by atoms with Crippen molar-refractivity contribution in [2.45, 2.75) is 13.8 Å². The van der Waals surface area contributed by atoms with E-state index in [1.165, 1.54) is 7.05 Å². The van der Waals surface area contributed by atoms with Crippen LogP contribution in [0.15, 0.2) is 53.5 Å². The molecule has 0 fully saturated rings. The van der Waals surface area contributed by atoms with Gasteiger partial charge in [0.2, 0.25) is 0 Å². The van der Waals surface area contributed by atoms with Crippen molar-refractivity contribution in [1.29, 1.82) is 0 Å². The molecule has 136 valence electrons. The summed E-state index contributed by atoms with van der Waals surface area (Å²) in [6.07, 6.45) is 0. The lowest BCUT2D eigenvalue weighted by atomic mass is 10.0. The first kappa shape index (κ1) is 19.2. The number of hydrogen-bond acceptors (Lipinski definition) is 6. The average Bonchev–Trinajstić information content (AvgIpc) is 2.64. The third-order valence-corrected chi connectivity index (χ3v) is 3.41. The Morgan fingerprint density at radius 2 is 1.58 bits per heavy atom. The second kappa shape index (κ2) is 9.36. The molecule has 0 spiro atoms. The van der Waals surface area contributed by atoms with Crippen LogP contribution in [0.3, 0.4) is 0 Å². The minimum absolute atomic E-state index is 0.0356. The van der Waals surface area contributed by atoms with Crippen LogP contribution in [0.25, 0.3) is 0 Å². The molecular formula is C20H21NO5. The van der Waals surface area contributed by atoms with Gasteiger partial charge in [0, 0.05) is 12.6 Å². The van der Waals surface area contributed by atoms with Crippen molar-refractivity contribution in [3.63, 3.8) is 0 Å². The van der Waals surface area contributed by atoms with Crippen molar-refractivity contribution in [3.05, 3.63) is 59.7 Å². The highest BCUT2D eigenvalue weighted by Crippen LogP contribution is 2.25. The monoisotopic (exact) mass is 355 g/mol. The molecule has 6 nitrogen and oxygen atoms in total. The predicted octanol–water partition coefficient (Wildman–Crippen LogP) is 3.64. The van der Waals surface area contributed by atoms with Crippen molar-refractivity contribution < 1.29 is 23.8 Å². The van der Waals surface area contributed by atoms with E-state index < -0.39 is 11.9 Å². The Morgan fingerprint density at radius 3 is 2.19 bits per heavy atom. The molecule has 0 saturated carbocycles. The van der Waals surface area contributed by atoms with Gasteiger partial charge in [0.05, 0.1) is 18.8 Å². The summed E-state index contributed by atoms with van der Waals surface area (Å²) < 4.78 is 15.9. The highest BCUT2D eigenvalue weighted by molar-refractivity contribution is 6.44. The van der Waals surface area contributed by atoms with E-state index in [1.54, 1.807) is 44.2 Å². The van der Waals surface area contributed by atoms with Crippen molar-refractivity contribution >= 4 is 17.7 Å². The number of para-hydroxylation sites is 1. The molecule has 0 atom stereocenters.